The normalized spacial score (nSPS) is 14.1. The van der Waals surface area contributed by atoms with Gasteiger partial charge in [-0.1, -0.05) is 30.3 Å². The topological polar surface area (TPSA) is 70.7 Å². The third-order valence-corrected chi connectivity index (χ3v) is 2.74. The molecule has 0 aliphatic heterocycles. The molecule has 0 fully saturated rings. The summed E-state index contributed by atoms with van der Waals surface area (Å²) >= 11 is 0. The molecular formula is C14H14O4. The molecule has 1 heterocycles. The number of benzene rings is 1. The number of rotatable bonds is 4. The summed E-state index contributed by atoms with van der Waals surface area (Å²) in [5.41, 5.74) is -0.273. The second kappa shape index (κ2) is 4.66. The first-order valence-electron chi connectivity index (χ1n) is 5.59. The van der Waals surface area contributed by atoms with Crippen LogP contribution in [0.25, 0.3) is 0 Å². The summed E-state index contributed by atoms with van der Waals surface area (Å²) < 4.78 is 5.13. The van der Waals surface area contributed by atoms with Gasteiger partial charge in [0, 0.05) is 6.42 Å². The lowest BCUT2D eigenvalue weighted by atomic mass is 9.94. The molecule has 1 aromatic heterocycles. The summed E-state index contributed by atoms with van der Waals surface area (Å²) in [5.74, 6) is -1.06. The van der Waals surface area contributed by atoms with Gasteiger partial charge in [0.15, 0.2) is 0 Å². The first-order chi connectivity index (χ1) is 8.49. The first kappa shape index (κ1) is 12.4. The van der Waals surface area contributed by atoms with Crippen molar-refractivity contribution in [1.29, 1.82) is 0 Å². The molecular weight excluding hydrogens is 232 g/mol. The lowest BCUT2D eigenvalue weighted by Gasteiger charge is -2.20. The van der Waals surface area contributed by atoms with Crippen LogP contribution in [-0.2, 0) is 12.0 Å². The van der Waals surface area contributed by atoms with Gasteiger partial charge in [0.2, 0.25) is 5.76 Å². The number of carboxylic acids is 1. The maximum Gasteiger partial charge on any atom is 0.371 e. The molecule has 18 heavy (non-hydrogen) atoms. The Morgan fingerprint density at radius 2 is 1.89 bits per heavy atom. The smallest absolute Gasteiger partial charge is 0.371 e. The first-order valence-corrected chi connectivity index (χ1v) is 5.59. The summed E-state index contributed by atoms with van der Waals surface area (Å²) in [6, 6.07) is 12.3. The summed E-state index contributed by atoms with van der Waals surface area (Å²) in [4.78, 5) is 10.7. The minimum Gasteiger partial charge on any atom is -0.475 e. The van der Waals surface area contributed by atoms with E-state index in [4.69, 9.17) is 9.52 Å². The van der Waals surface area contributed by atoms with E-state index in [1.807, 2.05) is 30.3 Å². The number of carboxylic acid groups (broad SMARTS) is 1. The standard InChI is InChI=1S/C14H14O4/c1-14(17,9-10-5-3-2-4-6-10)12-8-7-11(18-12)13(15)16/h2-8,17H,9H2,1H3,(H,15,16). The van der Waals surface area contributed by atoms with Crippen LogP contribution in [0.4, 0.5) is 0 Å². The van der Waals surface area contributed by atoms with Crippen molar-refractivity contribution in [2.75, 3.05) is 0 Å². The molecule has 2 N–H and O–H groups in total. The molecule has 0 spiro atoms. The van der Waals surface area contributed by atoms with Crippen molar-refractivity contribution in [2.24, 2.45) is 0 Å². The van der Waals surface area contributed by atoms with Crippen molar-refractivity contribution in [2.45, 2.75) is 18.9 Å². The number of aliphatic hydroxyl groups is 1. The van der Waals surface area contributed by atoms with Gasteiger partial charge in [0.25, 0.3) is 0 Å². The fourth-order valence-corrected chi connectivity index (χ4v) is 1.82. The van der Waals surface area contributed by atoms with Crippen molar-refractivity contribution >= 4 is 5.97 Å². The van der Waals surface area contributed by atoms with Crippen molar-refractivity contribution < 1.29 is 19.4 Å². The van der Waals surface area contributed by atoms with E-state index in [0.717, 1.165) is 5.56 Å². The highest BCUT2D eigenvalue weighted by Gasteiger charge is 2.28. The van der Waals surface area contributed by atoms with Crippen LogP contribution >= 0.6 is 0 Å². The van der Waals surface area contributed by atoms with Crippen LogP contribution in [0, 0.1) is 0 Å². The zero-order valence-corrected chi connectivity index (χ0v) is 9.96. The largest absolute Gasteiger partial charge is 0.475 e. The SMILES string of the molecule is CC(O)(Cc1ccccc1)c1ccc(C(=O)O)o1. The summed E-state index contributed by atoms with van der Waals surface area (Å²) in [5, 5.41) is 19.1. The molecule has 1 atom stereocenters. The van der Waals surface area contributed by atoms with Gasteiger partial charge in [-0.05, 0) is 24.6 Å². The molecule has 1 unspecified atom stereocenters. The van der Waals surface area contributed by atoms with Crippen molar-refractivity contribution in [3.05, 3.63) is 59.5 Å². The monoisotopic (exact) mass is 246 g/mol. The zero-order valence-electron chi connectivity index (χ0n) is 9.96. The second-order valence-electron chi connectivity index (χ2n) is 4.41. The Balaban J connectivity index is 2.22. The number of hydrogen-bond acceptors (Lipinski definition) is 3. The summed E-state index contributed by atoms with van der Waals surface area (Å²) in [7, 11) is 0. The highest BCUT2D eigenvalue weighted by molar-refractivity contribution is 5.84. The number of furan rings is 1. The van der Waals surface area contributed by atoms with Crippen molar-refractivity contribution in [3.8, 4) is 0 Å². The van der Waals surface area contributed by atoms with E-state index in [-0.39, 0.29) is 11.5 Å². The average Bonchev–Trinajstić information content (AvgIpc) is 2.79. The third kappa shape index (κ3) is 2.60. The van der Waals surface area contributed by atoms with Crippen LogP contribution in [0.5, 0.6) is 0 Å². The Labute approximate surface area is 104 Å². The minimum atomic E-state index is -1.23. The highest BCUT2D eigenvalue weighted by Crippen LogP contribution is 2.27. The molecule has 0 radical (unpaired) electrons. The molecule has 0 aliphatic carbocycles. The maximum absolute atomic E-state index is 10.7. The summed E-state index contributed by atoms with van der Waals surface area (Å²) in [6.45, 7) is 1.60. The number of hydrogen-bond donors (Lipinski definition) is 2. The molecule has 0 aliphatic rings. The van der Waals surface area contributed by atoms with Crippen LogP contribution in [0.15, 0.2) is 46.9 Å². The van der Waals surface area contributed by atoms with Gasteiger partial charge in [0.1, 0.15) is 11.4 Å². The van der Waals surface area contributed by atoms with Gasteiger partial charge < -0.3 is 14.6 Å². The molecule has 0 saturated heterocycles. The predicted molar refractivity (Wildman–Crippen MR) is 65.4 cm³/mol. The highest BCUT2D eigenvalue weighted by atomic mass is 16.4. The van der Waals surface area contributed by atoms with Crippen LogP contribution in [-0.4, -0.2) is 16.2 Å². The van der Waals surface area contributed by atoms with E-state index in [9.17, 15) is 9.90 Å². The van der Waals surface area contributed by atoms with Crippen LogP contribution in [0.1, 0.15) is 28.8 Å². The average molecular weight is 246 g/mol. The van der Waals surface area contributed by atoms with E-state index >= 15 is 0 Å². The molecule has 4 nitrogen and oxygen atoms in total. The van der Waals surface area contributed by atoms with Crippen LogP contribution in [0.3, 0.4) is 0 Å². The molecule has 0 saturated carbocycles. The molecule has 4 heteroatoms. The van der Waals surface area contributed by atoms with Gasteiger partial charge in [-0.25, -0.2) is 4.79 Å². The fourth-order valence-electron chi connectivity index (χ4n) is 1.82. The van der Waals surface area contributed by atoms with E-state index in [2.05, 4.69) is 0 Å². The molecule has 1 aromatic carbocycles. The molecule has 2 aromatic rings. The Kier molecular flexibility index (Phi) is 3.21. The molecule has 2 rings (SSSR count). The Bertz CT molecular complexity index is 540. The fraction of sp³-hybridized carbons (Fsp3) is 0.214. The lowest BCUT2D eigenvalue weighted by molar-refractivity contribution is 0.0317. The zero-order chi connectivity index (χ0) is 13.2. The molecule has 94 valence electrons. The van der Waals surface area contributed by atoms with Crippen molar-refractivity contribution in [3.63, 3.8) is 0 Å². The summed E-state index contributed by atoms with van der Waals surface area (Å²) in [6.07, 6.45) is 0.362. The van der Waals surface area contributed by atoms with Crippen molar-refractivity contribution in [1.82, 2.24) is 0 Å². The van der Waals surface area contributed by atoms with Gasteiger partial charge in [-0.2, -0.15) is 0 Å². The number of carbonyl (C=O) groups is 1. The van der Waals surface area contributed by atoms with Gasteiger partial charge in [-0.3, -0.25) is 0 Å². The van der Waals surface area contributed by atoms with Gasteiger partial charge in [-0.15, -0.1) is 0 Å². The minimum absolute atomic E-state index is 0.168. The maximum atomic E-state index is 10.7. The Morgan fingerprint density at radius 3 is 2.44 bits per heavy atom. The predicted octanol–water partition coefficient (Wildman–Crippen LogP) is 2.43. The van der Waals surface area contributed by atoms with Crippen LogP contribution in [0.2, 0.25) is 0 Å². The molecule has 0 bridgehead atoms. The quantitative estimate of drug-likeness (QED) is 0.869. The van der Waals surface area contributed by atoms with Crippen LogP contribution < -0.4 is 0 Å². The Hall–Kier alpha value is -2.07. The lowest BCUT2D eigenvalue weighted by Crippen LogP contribution is -2.23. The third-order valence-electron chi connectivity index (χ3n) is 2.74. The van der Waals surface area contributed by atoms with E-state index in [1.54, 1.807) is 6.92 Å². The second-order valence-corrected chi connectivity index (χ2v) is 4.41. The molecule has 0 amide bonds. The van der Waals surface area contributed by atoms with E-state index in [1.165, 1.54) is 12.1 Å². The van der Waals surface area contributed by atoms with Gasteiger partial charge in [0.05, 0.1) is 0 Å². The van der Waals surface area contributed by atoms with Gasteiger partial charge >= 0.3 is 5.97 Å². The van der Waals surface area contributed by atoms with E-state index < -0.39 is 11.6 Å². The Morgan fingerprint density at radius 1 is 1.22 bits per heavy atom. The van der Waals surface area contributed by atoms with E-state index in [0.29, 0.717) is 6.42 Å². The number of aromatic carboxylic acids is 1.